The lowest BCUT2D eigenvalue weighted by molar-refractivity contribution is 0.463. The van der Waals surface area contributed by atoms with Crippen molar-refractivity contribution in [3.8, 4) is 28.4 Å². The fourth-order valence-electron chi connectivity index (χ4n) is 6.09. The molecule has 0 atom stereocenters. The quantitative estimate of drug-likeness (QED) is 0.248. The Kier molecular flexibility index (Phi) is 4.22. The number of aromatic hydroxyl groups is 3. The van der Waals surface area contributed by atoms with Crippen LogP contribution in [0, 0.1) is 0 Å². The van der Waals surface area contributed by atoms with Gasteiger partial charge in [-0.2, -0.15) is 0 Å². The number of rotatable bonds is 2. The van der Waals surface area contributed by atoms with E-state index in [0.29, 0.717) is 5.39 Å². The van der Waals surface area contributed by atoms with Crippen molar-refractivity contribution >= 4 is 21.5 Å². The van der Waals surface area contributed by atoms with Crippen molar-refractivity contribution in [1.29, 1.82) is 0 Å². The zero-order valence-corrected chi connectivity index (χ0v) is 19.3. The maximum Gasteiger partial charge on any atom is 0.127 e. The minimum atomic E-state index is -0.684. The number of phenolic OH excluding ortho intramolecular Hbond substituents is 3. The molecule has 0 radical (unpaired) electrons. The first-order chi connectivity index (χ1) is 17.6. The fourth-order valence-corrected chi connectivity index (χ4v) is 6.09. The van der Waals surface area contributed by atoms with Gasteiger partial charge in [0.15, 0.2) is 0 Å². The number of phenols is 3. The first-order valence-corrected chi connectivity index (χ1v) is 12.0. The molecule has 0 spiro atoms. The molecule has 0 unspecified atom stereocenters. The van der Waals surface area contributed by atoms with E-state index in [0.717, 1.165) is 49.5 Å². The maximum absolute atomic E-state index is 11.2. The Hall–Kier alpha value is -4.76. The normalized spacial score (nSPS) is 13.6. The van der Waals surface area contributed by atoms with E-state index in [9.17, 15) is 15.3 Å². The van der Waals surface area contributed by atoms with E-state index in [2.05, 4.69) is 66.7 Å². The highest BCUT2D eigenvalue weighted by atomic mass is 16.3. The Labute approximate surface area is 208 Å². The van der Waals surface area contributed by atoms with Gasteiger partial charge in [-0.05, 0) is 85.9 Å². The van der Waals surface area contributed by atoms with Crippen LogP contribution in [0.1, 0.15) is 22.3 Å². The molecule has 172 valence electrons. The van der Waals surface area contributed by atoms with E-state index in [-0.39, 0.29) is 17.2 Å². The molecule has 3 N–H and O–H groups in total. The molecule has 6 aromatic rings. The van der Waals surface area contributed by atoms with Gasteiger partial charge in [0, 0.05) is 0 Å². The molecule has 0 aromatic heterocycles. The second-order valence-corrected chi connectivity index (χ2v) is 9.46. The third-order valence-corrected chi connectivity index (χ3v) is 7.58. The average molecular weight is 467 g/mol. The van der Waals surface area contributed by atoms with Gasteiger partial charge in [0.1, 0.15) is 17.2 Å². The van der Waals surface area contributed by atoms with E-state index in [1.165, 1.54) is 0 Å². The van der Waals surface area contributed by atoms with Crippen molar-refractivity contribution in [1.82, 2.24) is 0 Å². The minimum Gasteiger partial charge on any atom is -0.508 e. The molecule has 36 heavy (non-hydrogen) atoms. The molecule has 0 heterocycles. The summed E-state index contributed by atoms with van der Waals surface area (Å²) in [4.78, 5) is 0. The lowest BCUT2D eigenvalue weighted by Crippen LogP contribution is -2.28. The van der Waals surface area contributed by atoms with Crippen LogP contribution in [-0.4, -0.2) is 15.3 Å². The first kappa shape index (κ1) is 20.6. The summed E-state index contributed by atoms with van der Waals surface area (Å²) in [7, 11) is 0. The van der Waals surface area contributed by atoms with Crippen LogP contribution >= 0.6 is 0 Å². The van der Waals surface area contributed by atoms with E-state index < -0.39 is 5.41 Å². The van der Waals surface area contributed by atoms with Crippen molar-refractivity contribution in [2.75, 3.05) is 0 Å². The minimum absolute atomic E-state index is 0.0487. The Balaban J connectivity index is 1.65. The summed E-state index contributed by atoms with van der Waals surface area (Å²) >= 11 is 0. The highest BCUT2D eigenvalue weighted by Gasteiger charge is 2.46. The SMILES string of the molecule is Oc1ccc2cc(C3(c4cc(O)c5c(O)cccc5c4)c4ccccc4-c4ccccc43)ccc2c1. The topological polar surface area (TPSA) is 60.7 Å². The molecule has 3 heteroatoms. The molecule has 3 nitrogen and oxygen atoms in total. The van der Waals surface area contributed by atoms with Gasteiger partial charge in [-0.3, -0.25) is 0 Å². The second-order valence-electron chi connectivity index (χ2n) is 9.46. The van der Waals surface area contributed by atoms with E-state index in [1.54, 1.807) is 30.3 Å². The standard InChI is InChI=1S/C33H22O3/c34-25-15-13-20-16-23(14-12-21(20)18-25)33(24-17-22-6-5-11-30(35)32(22)31(36)19-24)28-9-3-1-7-26(28)27-8-2-4-10-29(27)33/h1-19,34-36H. The highest BCUT2D eigenvalue weighted by Crippen LogP contribution is 2.57. The summed E-state index contributed by atoms with van der Waals surface area (Å²) in [6.45, 7) is 0. The molecule has 0 bridgehead atoms. The molecular weight excluding hydrogens is 444 g/mol. The summed E-state index contributed by atoms with van der Waals surface area (Å²) in [6.07, 6.45) is 0. The Bertz CT molecular complexity index is 1790. The second kappa shape index (κ2) is 7.37. The van der Waals surface area contributed by atoms with Crippen LogP contribution in [0.15, 0.2) is 115 Å². The van der Waals surface area contributed by atoms with Gasteiger partial charge >= 0.3 is 0 Å². The smallest absolute Gasteiger partial charge is 0.127 e. The molecule has 0 amide bonds. The maximum atomic E-state index is 11.2. The predicted octanol–water partition coefficient (Wildman–Crippen LogP) is 7.47. The molecule has 1 aliphatic rings. The summed E-state index contributed by atoms with van der Waals surface area (Å²) in [5.74, 6) is 0.344. The fraction of sp³-hybridized carbons (Fsp3) is 0.0303. The zero-order valence-electron chi connectivity index (χ0n) is 19.3. The van der Waals surface area contributed by atoms with Crippen LogP contribution < -0.4 is 0 Å². The highest BCUT2D eigenvalue weighted by molar-refractivity contribution is 5.96. The van der Waals surface area contributed by atoms with E-state index >= 15 is 0 Å². The number of fused-ring (bicyclic) bond motifs is 5. The predicted molar refractivity (Wildman–Crippen MR) is 144 cm³/mol. The van der Waals surface area contributed by atoms with Crippen LogP contribution in [0.3, 0.4) is 0 Å². The molecule has 0 saturated carbocycles. The molecule has 0 aliphatic heterocycles. The molecule has 1 aliphatic carbocycles. The van der Waals surface area contributed by atoms with E-state index in [4.69, 9.17) is 0 Å². The third-order valence-electron chi connectivity index (χ3n) is 7.58. The lowest BCUT2D eigenvalue weighted by Gasteiger charge is -2.34. The Morgan fingerprint density at radius 3 is 1.83 bits per heavy atom. The Morgan fingerprint density at radius 2 is 1.08 bits per heavy atom. The van der Waals surface area contributed by atoms with E-state index in [1.807, 2.05) is 18.2 Å². The van der Waals surface area contributed by atoms with Gasteiger partial charge < -0.3 is 15.3 Å². The summed E-state index contributed by atoms with van der Waals surface area (Å²) in [6, 6.07) is 37.8. The van der Waals surface area contributed by atoms with Gasteiger partial charge in [-0.25, -0.2) is 0 Å². The van der Waals surface area contributed by atoms with Crippen LogP contribution in [0.5, 0.6) is 17.2 Å². The molecule has 7 rings (SSSR count). The zero-order chi connectivity index (χ0) is 24.4. The summed E-state index contributed by atoms with van der Waals surface area (Å²) in [5, 5.41) is 34.8. The van der Waals surface area contributed by atoms with Gasteiger partial charge in [0.05, 0.1) is 10.8 Å². The number of hydrogen-bond donors (Lipinski definition) is 3. The van der Waals surface area contributed by atoms with Crippen molar-refractivity contribution in [2.24, 2.45) is 0 Å². The average Bonchev–Trinajstić information content (AvgIpc) is 3.19. The van der Waals surface area contributed by atoms with Crippen molar-refractivity contribution < 1.29 is 15.3 Å². The van der Waals surface area contributed by atoms with Gasteiger partial charge in [-0.1, -0.05) is 78.9 Å². The van der Waals surface area contributed by atoms with Crippen molar-refractivity contribution in [3.05, 3.63) is 138 Å². The lowest BCUT2D eigenvalue weighted by atomic mass is 9.67. The van der Waals surface area contributed by atoms with Gasteiger partial charge in [0.25, 0.3) is 0 Å². The monoisotopic (exact) mass is 466 g/mol. The largest absolute Gasteiger partial charge is 0.508 e. The van der Waals surface area contributed by atoms with Gasteiger partial charge in [0.2, 0.25) is 0 Å². The first-order valence-electron chi connectivity index (χ1n) is 12.0. The summed E-state index contributed by atoms with van der Waals surface area (Å²) < 4.78 is 0. The van der Waals surface area contributed by atoms with Crippen LogP contribution in [0.4, 0.5) is 0 Å². The van der Waals surface area contributed by atoms with Crippen molar-refractivity contribution in [3.63, 3.8) is 0 Å². The molecular formula is C33H22O3. The van der Waals surface area contributed by atoms with Crippen LogP contribution in [-0.2, 0) is 5.41 Å². The third kappa shape index (κ3) is 2.68. The van der Waals surface area contributed by atoms with Crippen LogP contribution in [0.25, 0.3) is 32.7 Å². The van der Waals surface area contributed by atoms with Gasteiger partial charge in [-0.15, -0.1) is 0 Å². The Morgan fingerprint density at radius 1 is 0.444 bits per heavy atom. The number of benzene rings is 6. The molecule has 0 saturated heterocycles. The summed E-state index contributed by atoms with van der Waals surface area (Å²) in [5.41, 5.74) is 5.91. The van der Waals surface area contributed by atoms with Crippen molar-refractivity contribution in [2.45, 2.75) is 5.41 Å². The molecule has 0 fully saturated rings. The number of hydrogen-bond acceptors (Lipinski definition) is 3. The van der Waals surface area contributed by atoms with Crippen LogP contribution in [0.2, 0.25) is 0 Å². The molecule has 6 aromatic carbocycles.